The molecule has 1 aromatic rings. The minimum absolute atomic E-state index is 0.0650. The van der Waals surface area contributed by atoms with Crippen molar-refractivity contribution >= 4 is 23.2 Å². The van der Waals surface area contributed by atoms with Crippen LogP contribution >= 0.6 is 23.2 Å². The van der Waals surface area contributed by atoms with E-state index >= 15 is 0 Å². The van der Waals surface area contributed by atoms with E-state index in [1.165, 1.54) is 0 Å². The van der Waals surface area contributed by atoms with Crippen molar-refractivity contribution in [1.82, 2.24) is 5.32 Å². The molecule has 2 nitrogen and oxygen atoms in total. The van der Waals surface area contributed by atoms with Crippen LogP contribution in [0.1, 0.15) is 45.2 Å². The van der Waals surface area contributed by atoms with Gasteiger partial charge in [0.25, 0.3) is 0 Å². The van der Waals surface area contributed by atoms with Gasteiger partial charge in [-0.05, 0) is 24.5 Å². The molecule has 2 N–H and O–H groups in total. The van der Waals surface area contributed by atoms with Crippen LogP contribution in [0.25, 0.3) is 0 Å². The topological polar surface area (TPSA) is 32.3 Å². The highest BCUT2D eigenvalue weighted by molar-refractivity contribution is 6.42. The van der Waals surface area contributed by atoms with Gasteiger partial charge >= 0.3 is 0 Å². The molecule has 1 aromatic carbocycles. The van der Waals surface area contributed by atoms with Crippen molar-refractivity contribution in [2.75, 3.05) is 6.54 Å². The maximum Gasteiger partial charge on any atom is 0.0692 e. The number of halogens is 2. The molecule has 4 heteroatoms. The van der Waals surface area contributed by atoms with Gasteiger partial charge in [-0.15, -0.1) is 0 Å². The Morgan fingerprint density at radius 2 is 1.84 bits per heavy atom. The van der Waals surface area contributed by atoms with Crippen LogP contribution in [0.3, 0.4) is 0 Å². The summed E-state index contributed by atoms with van der Waals surface area (Å²) in [7, 11) is 0. The predicted molar refractivity (Wildman–Crippen MR) is 83.0 cm³/mol. The molecule has 0 aliphatic rings. The molecule has 1 rings (SSSR count). The van der Waals surface area contributed by atoms with Gasteiger partial charge in [-0.3, -0.25) is 0 Å². The zero-order valence-corrected chi connectivity index (χ0v) is 13.3. The molecule has 0 fully saturated rings. The number of hydrogen-bond acceptors (Lipinski definition) is 2. The summed E-state index contributed by atoms with van der Waals surface area (Å²) in [6.45, 7) is 6.80. The zero-order valence-electron chi connectivity index (χ0n) is 11.8. The summed E-state index contributed by atoms with van der Waals surface area (Å²) < 4.78 is 0. The number of rotatable bonds is 7. The normalized spacial score (nSPS) is 14.7. The molecule has 0 radical (unpaired) electrons. The summed E-state index contributed by atoms with van der Waals surface area (Å²) in [5.74, 6) is 0.342. The Kier molecular flexibility index (Phi) is 7.16. The Bertz CT molecular complexity index is 394. The molecule has 2 atom stereocenters. The van der Waals surface area contributed by atoms with E-state index in [4.69, 9.17) is 23.2 Å². The average molecular weight is 304 g/mol. The highest BCUT2D eigenvalue weighted by atomic mass is 35.5. The zero-order chi connectivity index (χ0) is 14.4. The second-order valence-corrected chi connectivity index (χ2v) is 5.70. The molecule has 0 heterocycles. The van der Waals surface area contributed by atoms with Crippen LogP contribution in [0.15, 0.2) is 18.2 Å². The summed E-state index contributed by atoms with van der Waals surface area (Å²) in [6.07, 6.45) is 1.66. The Labute approximate surface area is 126 Å². The first-order chi connectivity index (χ1) is 9.01. The second kappa shape index (κ2) is 8.11. The minimum Gasteiger partial charge on any atom is -0.392 e. The fourth-order valence-corrected chi connectivity index (χ4v) is 2.73. The fourth-order valence-electron chi connectivity index (χ4n) is 2.26. The molecule has 0 spiro atoms. The van der Waals surface area contributed by atoms with Crippen LogP contribution in [-0.2, 0) is 0 Å². The van der Waals surface area contributed by atoms with Gasteiger partial charge < -0.3 is 10.4 Å². The van der Waals surface area contributed by atoms with Gasteiger partial charge in [-0.25, -0.2) is 0 Å². The van der Waals surface area contributed by atoms with E-state index in [-0.39, 0.29) is 12.1 Å². The van der Waals surface area contributed by atoms with E-state index < -0.39 is 0 Å². The number of aliphatic hydroxyl groups excluding tert-OH is 1. The number of aliphatic hydroxyl groups is 1. The highest BCUT2D eigenvalue weighted by Crippen LogP contribution is 2.29. The summed E-state index contributed by atoms with van der Waals surface area (Å²) in [5, 5.41) is 14.6. The van der Waals surface area contributed by atoms with Crippen LogP contribution in [-0.4, -0.2) is 17.8 Å². The molecular formula is C15H23Cl2NO. The summed E-state index contributed by atoms with van der Waals surface area (Å²) in [5.41, 5.74) is 0.964. The lowest BCUT2D eigenvalue weighted by Crippen LogP contribution is -2.34. The number of nitrogens with one attached hydrogen (secondary N) is 1. The minimum atomic E-state index is -0.324. The first-order valence-corrected chi connectivity index (χ1v) is 7.62. The lowest BCUT2D eigenvalue weighted by atomic mass is 9.96. The van der Waals surface area contributed by atoms with E-state index in [9.17, 15) is 5.11 Å². The molecule has 0 aromatic heterocycles. The van der Waals surface area contributed by atoms with Crippen LogP contribution in [0.4, 0.5) is 0 Å². The SMILES string of the molecule is CCC(CC)C(O)CNC(C)c1cccc(Cl)c1Cl. The molecule has 0 aliphatic heterocycles. The molecule has 0 bridgehead atoms. The smallest absolute Gasteiger partial charge is 0.0692 e. The van der Waals surface area contributed by atoms with Crippen molar-refractivity contribution in [3.8, 4) is 0 Å². The monoisotopic (exact) mass is 303 g/mol. The van der Waals surface area contributed by atoms with Gasteiger partial charge in [0, 0.05) is 12.6 Å². The fraction of sp³-hybridized carbons (Fsp3) is 0.600. The molecule has 0 aliphatic carbocycles. The van der Waals surface area contributed by atoms with Crippen molar-refractivity contribution in [2.45, 2.75) is 45.8 Å². The Hall–Kier alpha value is -0.280. The first-order valence-electron chi connectivity index (χ1n) is 6.86. The van der Waals surface area contributed by atoms with E-state index in [1.807, 2.05) is 19.1 Å². The first kappa shape index (κ1) is 16.8. The van der Waals surface area contributed by atoms with Gasteiger partial charge in [0.1, 0.15) is 0 Å². The molecule has 0 saturated carbocycles. The van der Waals surface area contributed by atoms with Crippen LogP contribution in [0.5, 0.6) is 0 Å². The summed E-state index contributed by atoms with van der Waals surface area (Å²) in [6, 6.07) is 5.68. The second-order valence-electron chi connectivity index (χ2n) is 4.92. The van der Waals surface area contributed by atoms with Crippen molar-refractivity contribution < 1.29 is 5.11 Å². The van der Waals surface area contributed by atoms with Gasteiger partial charge in [0.2, 0.25) is 0 Å². The van der Waals surface area contributed by atoms with Gasteiger partial charge in [-0.1, -0.05) is 62.0 Å². The van der Waals surface area contributed by atoms with Gasteiger partial charge in [0.15, 0.2) is 0 Å². The third-order valence-electron chi connectivity index (χ3n) is 3.67. The van der Waals surface area contributed by atoms with Crippen LogP contribution in [0, 0.1) is 5.92 Å². The Morgan fingerprint density at radius 3 is 2.42 bits per heavy atom. The van der Waals surface area contributed by atoms with E-state index in [0.717, 1.165) is 18.4 Å². The number of hydrogen-bond donors (Lipinski definition) is 2. The largest absolute Gasteiger partial charge is 0.392 e. The average Bonchev–Trinajstić information content (AvgIpc) is 2.40. The van der Waals surface area contributed by atoms with Gasteiger partial charge in [-0.2, -0.15) is 0 Å². The van der Waals surface area contributed by atoms with Crippen LogP contribution < -0.4 is 5.32 Å². The molecule has 0 amide bonds. The molecule has 19 heavy (non-hydrogen) atoms. The van der Waals surface area contributed by atoms with Crippen molar-refractivity contribution in [1.29, 1.82) is 0 Å². The van der Waals surface area contributed by atoms with E-state index in [2.05, 4.69) is 19.2 Å². The summed E-state index contributed by atoms with van der Waals surface area (Å²) in [4.78, 5) is 0. The van der Waals surface area contributed by atoms with Crippen molar-refractivity contribution in [3.63, 3.8) is 0 Å². The quantitative estimate of drug-likeness (QED) is 0.780. The standard InChI is InChI=1S/C15H23Cl2NO/c1-4-11(5-2)14(19)9-18-10(3)12-7-6-8-13(16)15(12)17/h6-8,10-11,14,18-19H,4-5,9H2,1-3H3. The third-order valence-corrected chi connectivity index (χ3v) is 4.51. The maximum atomic E-state index is 10.1. The van der Waals surface area contributed by atoms with Gasteiger partial charge in [0.05, 0.1) is 16.1 Å². The lowest BCUT2D eigenvalue weighted by molar-refractivity contribution is 0.0989. The number of benzene rings is 1. The molecule has 0 saturated heterocycles. The Morgan fingerprint density at radius 1 is 1.21 bits per heavy atom. The van der Waals surface area contributed by atoms with Crippen molar-refractivity contribution in [2.24, 2.45) is 5.92 Å². The highest BCUT2D eigenvalue weighted by Gasteiger charge is 2.17. The lowest BCUT2D eigenvalue weighted by Gasteiger charge is -2.23. The van der Waals surface area contributed by atoms with Crippen molar-refractivity contribution in [3.05, 3.63) is 33.8 Å². The Balaban J connectivity index is 2.60. The van der Waals surface area contributed by atoms with E-state index in [1.54, 1.807) is 6.07 Å². The summed E-state index contributed by atoms with van der Waals surface area (Å²) >= 11 is 12.2. The third kappa shape index (κ3) is 4.64. The predicted octanol–water partition coefficient (Wildman–Crippen LogP) is 4.44. The molecular weight excluding hydrogens is 281 g/mol. The molecule has 2 unspecified atom stereocenters. The molecule has 108 valence electrons. The maximum absolute atomic E-state index is 10.1. The van der Waals surface area contributed by atoms with E-state index in [0.29, 0.717) is 22.5 Å². The van der Waals surface area contributed by atoms with Crippen LogP contribution in [0.2, 0.25) is 10.0 Å².